The molecule has 0 aliphatic carbocycles. The highest BCUT2D eigenvalue weighted by Crippen LogP contribution is 2.29. The average Bonchev–Trinajstić information content (AvgIpc) is 2.99. The molecular weight excluding hydrogens is 310 g/mol. The summed E-state index contributed by atoms with van der Waals surface area (Å²) in [6.45, 7) is 2.02. The first-order valence-electron chi connectivity index (χ1n) is 7.30. The first kappa shape index (κ1) is 14.2. The van der Waals surface area contributed by atoms with E-state index in [1.165, 1.54) is 0 Å². The minimum absolute atomic E-state index is 0.0143. The number of rotatable bonds is 2. The van der Waals surface area contributed by atoms with Crippen molar-refractivity contribution in [1.82, 2.24) is 14.5 Å². The maximum absolute atomic E-state index is 9.51. The van der Waals surface area contributed by atoms with Gasteiger partial charge in [0.15, 0.2) is 0 Å². The zero-order valence-electron chi connectivity index (χ0n) is 12.5. The molecule has 0 aliphatic heterocycles. The number of halogens is 1. The lowest BCUT2D eigenvalue weighted by atomic mass is 10.1. The lowest BCUT2D eigenvalue weighted by Gasteiger charge is -2.12. The van der Waals surface area contributed by atoms with E-state index in [1.807, 2.05) is 47.9 Å². The highest BCUT2D eigenvalue weighted by Gasteiger charge is 2.13. The minimum atomic E-state index is 0.0143. The number of nitrogens with zero attached hydrogens (tertiary/aromatic N) is 3. The summed E-state index contributed by atoms with van der Waals surface area (Å²) < 4.78 is 2.03. The molecule has 5 heteroatoms. The van der Waals surface area contributed by atoms with Crippen molar-refractivity contribution in [3.63, 3.8) is 0 Å². The Kier molecular flexibility index (Phi) is 3.29. The Morgan fingerprint density at radius 3 is 2.83 bits per heavy atom. The Labute approximate surface area is 138 Å². The van der Waals surface area contributed by atoms with Crippen molar-refractivity contribution in [1.29, 1.82) is 0 Å². The third-order valence-corrected chi connectivity index (χ3v) is 4.42. The van der Waals surface area contributed by atoms with Gasteiger partial charge in [0.2, 0.25) is 0 Å². The Morgan fingerprint density at radius 1 is 1.13 bits per heavy atom. The third-order valence-electron chi connectivity index (χ3n) is 4.18. The SMILES string of the molecule is Cc1c(CO)cccc1-n1cnc2cnc3ccc(Cl)cc3c21. The summed E-state index contributed by atoms with van der Waals surface area (Å²) in [5.41, 5.74) is 5.58. The minimum Gasteiger partial charge on any atom is -0.392 e. The second kappa shape index (κ2) is 5.33. The van der Waals surface area contributed by atoms with Crippen LogP contribution in [0.2, 0.25) is 5.02 Å². The van der Waals surface area contributed by atoms with E-state index in [0.29, 0.717) is 5.02 Å². The summed E-state index contributed by atoms with van der Waals surface area (Å²) in [7, 11) is 0. The first-order chi connectivity index (χ1) is 11.2. The molecule has 4 aromatic rings. The third kappa shape index (κ3) is 2.19. The molecule has 0 saturated carbocycles. The number of aliphatic hydroxyl groups is 1. The molecule has 114 valence electrons. The number of hydrogen-bond acceptors (Lipinski definition) is 3. The fraction of sp³-hybridized carbons (Fsp3) is 0.111. The van der Waals surface area contributed by atoms with Gasteiger partial charge in [-0.15, -0.1) is 0 Å². The van der Waals surface area contributed by atoms with Crippen molar-refractivity contribution >= 4 is 33.5 Å². The summed E-state index contributed by atoms with van der Waals surface area (Å²) in [6, 6.07) is 11.5. The van der Waals surface area contributed by atoms with Crippen LogP contribution < -0.4 is 0 Å². The van der Waals surface area contributed by atoms with Crippen LogP contribution in [0.5, 0.6) is 0 Å². The van der Waals surface area contributed by atoms with Gasteiger partial charge in [-0.1, -0.05) is 23.7 Å². The second-order valence-corrected chi connectivity index (χ2v) is 5.92. The van der Waals surface area contributed by atoms with E-state index in [9.17, 15) is 5.11 Å². The molecule has 4 rings (SSSR count). The van der Waals surface area contributed by atoms with Gasteiger partial charge in [-0.25, -0.2) is 4.98 Å². The number of fused-ring (bicyclic) bond motifs is 3. The van der Waals surface area contributed by atoms with Crippen molar-refractivity contribution in [2.24, 2.45) is 0 Å². The normalized spacial score (nSPS) is 11.4. The molecule has 1 N–H and O–H groups in total. The molecule has 0 atom stereocenters. The van der Waals surface area contributed by atoms with Crippen molar-refractivity contribution in [3.8, 4) is 5.69 Å². The molecule has 2 heterocycles. The van der Waals surface area contributed by atoms with Crippen molar-refractivity contribution in [2.75, 3.05) is 0 Å². The topological polar surface area (TPSA) is 50.9 Å². The predicted molar refractivity (Wildman–Crippen MR) is 92.0 cm³/mol. The van der Waals surface area contributed by atoms with Crippen LogP contribution in [0.3, 0.4) is 0 Å². The molecule has 0 saturated heterocycles. The number of aromatic nitrogens is 3. The molecule has 0 unspecified atom stereocenters. The van der Waals surface area contributed by atoms with Crippen LogP contribution in [-0.4, -0.2) is 19.6 Å². The van der Waals surface area contributed by atoms with E-state index in [2.05, 4.69) is 9.97 Å². The number of benzene rings is 2. The fourth-order valence-electron chi connectivity index (χ4n) is 2.95. The maximum atomic E-state index is 9.51. The molecule has 0 spiro atoms. The summed E-state index contributed by atoms with van der Waals surface area (Å²) in [5, 5.41) is 11.1. The largest absolute Gasteiger partial charge is 0.392 e. The molecule has 0 bridgehead atoms. The van der Waals surface area contributed by atoms with Crippen LogP contribution in [0, 0.1) is 6.92 Å². The summed E-state index contributed by atoms with van der Waals surface area (Å²) >= 11 is 6.17. The highest BCUT2D eigenvalue weighted by molar-refractivity contribution is 6.31. The Balaban J connectivity index is 2.11. The van der Waals surface area contributed by atoms with Gasteiger partial charge in [-0.05, 0) is 42.3 Å². The lowest BCUT2D eigenvalue weighted by molar-refractivity contribution is 0.281. The van der Waals surface area contributed by atoms with Crippen molar-refractivity contribution < 1.29 is 5.11 Å². The van der Waals surface area contributed by atoms with Gasteiger partial charge in [-0.3, -0.25) is 9.55 Å². The van der Waals surface area contributed by atoms with Crippen LogP contribution in [0.4, 0.5) is 0 Å². The van der Waals surface area contributed by atoms with E-state index in [1.54, 1.807) is 12.5 Å². The molecule has 2 aromatic heterocycles. The summed E-state index contributed by atoms with van der Waals surface area (Å²) in [4.78, 5) is 8.91. The van der Waals surface area contributed by atoms with Gasteiger partial charge in [0, 0.05) is 10.4 Å². The van der Waals surface area contributed by atoms with Crippen LogP contribution in [0.1, 0.15) is 11.1 Å². The zero-order chi connectivity index (χ0) is 16.0. The monoisotopic (exact) mass is 323 g/mol. The zero-order valence-corrected chi connectivity index (χ0v) is 13.2. The molecule has 4 nitrogen and oxygen atoms in total. The highest BCUT2D eigenvalue weighted by atomic mass is 35.5. The lowest BCUT2D eigenvalue weighted by Crippen LogP contribution is -1.99. The number of imidazole rings is 1. The number of aliphatic hydroxyl groups excluding tert-OH is 1. The van der Waals surface area contributed by atoms with Gasteiger partial charge in [0.25, 0.3) is 0 Å². The Hall–Kier alpha value is -2.43. The number of hydrogen-bond donors (Lipinski definition) is 1. The van der Waals surface area contributed by atoms with Crippen LogP contribution >= 0.6 is 11.6 Å². The van der Waals surface area contributed by atoms with Gasteiger partial charge in [-0.2, -0.15) is 0 Å². The Bertz CT molecular complexity index is 1040. The maximum Gasteiger partial charge on any atom is 0.108 e. The molecular formula is C18H14ClN3O. The van der Waals surface area contributed by atoms with E-state index in [4.69, 9.17) is 11.6 Å². The molecule has 23 heavy (non-hydrogen) atoms. The number of pyridine rings is 1. The summed E-state index contributed by atoms with van der Waals surface area (Å²) in [6.07, 6.45) is 3.56. The van der Waals surface area contributed by atoms with E-state index >= 15 is 0 Å². The molecule has 0 amide bonds. The average molecular weight is 324 g/mol. The molecule has 0 radical (unpaired) electrons. The van der Waals surface area contributed by atoms with Gasteiger partial charge in [0.1, 0.15) is 11.8 Å². The predicted octanol–water partition coefficient (Wildman–Crippen LogP) is 4.03. The van der Waals surface area contributed by atoms with Crippen molar-refractivity contribution in [3.05, 3.63) is 65.1 Å². The van der Waals surface area contributed by atoms with Crippen LogP contribution in [0.25, 0.3) is 27.6 Å². The van der Waals surface area contributed by atoms with Gasteiger partial charge < -0.3 is 5.11 Å². The van der Waals surface area contributed by atoms with E-state index in [0.717, 1.165) is 38.8 Å². The standard InChI is InChI=1S/C18H14ClN3O/c1-11-12(9-23)3-2-4-17(11)22-10-21-16-8-20-15-6-5-13(19)7-14(15)18(16)22/h2-8,10,23H,9H2,1H3. The fourth-order valence-corrected chi connectivity index (χ4v) is 3.12. The van der Waals surface area contributed by atoms with Gasteiger partial charge >= 0.3 is 0 Å². The quantitative estimate of drug-likeness (QED) is 0.606. The second-order valence-electron chi connectivity index (χ2n) is 5.49. The Morgan fingerprint density at radius 2 is 2.00 bits per heavy atom. The van der Waals surface area contributed by atoms with Crippen molar-refractivity contribution in [2.45, 2.75) is 13.5 Å². The molecule has 0 aliphatic rings. The molecule has 2 aromatic carbocycles. The van der Waals surface area contributed by atoms with Crippen LogP contribution in [-0.2, 0) is 6.61 Å². The first-order valence-corrected chi connectivity index (χ1v) is 7.68. The van der Waals surface area contributed by atoms with Gasteiger partial charge in [0.05, 0.1) is 29.5 Å². The smallest absolute Gasteiger partial charge is 0.108 e. The van der Waals surface area contributed by atoms with E-state index < -0.39 is 0 Å². The van der Waals surface area contributed by atoms with Crippen LogP contribution in [0.15, 0.2) is 48.9 Å². The molecule has 0 fully saturated rings. The van der Waals surface area contributed by atoms with E-state index in [-0.39, 0.29) is 6.61 Å². The summed E-state index contributed by atoms with van der Waals surface area (Å²) in [5.74, 6) is 0.